The fraction of sp³-hybridized carbons (Fsp3) is 0.778. The van der Waals surface area contributed by atoms with Gasteiger partial charge < -0.3 is 68.5 Å². The average molecular weight is 1060 g/mol. The van der Waals surface area contributed by atoms with Gasteiger partial charge in [-0.3, -0.25) is 4.79 Å². The van der Waals surface area contributed by atoms with Crippen molar-refractivity contribution in [3.05, 3.63) is 60.2 Å². The molecule has 0 bridgehead atoms. The summed E-state index contributed by atoms with van der Waals surface area (Å²) >= 11 is 0. The van der Waals surface area contributed by atoms with Crippen molar-refractivity contribution in [3.8, 4) is 5.69 Å². The van der Waals surface area contributed by atoms with E-state index in [1.54, 1.807) is 65.5 Å². The van der Waals surface area contributed by atoms with Crippen LogP contribution in [-0.2, 0) is 44.4 Å². The number of ether oxygens (including phenoxy) is 7. The Morgan fingerprint density at radius 3 is 2.28 bits per heavy atom. The maximum Gasteiger partial charge on any atom is 0.311 e. The Hall–Kier alpha value is -3.55. The van der Waals surface area contributed by atoms with E-state index in [1.165, 1.54) is 25.8 Å². The minimum Gasteiger partial charge on any atom is -0.459 e. The van der Waals surface area contributed by atoms with Gasteiger partial charge in [-0.25, -0.2) is 13.8 Å². The third-order valence-corrected chi connectivity index (χ3v) is 16.5. The van der Waals surface area contributed by atoms with E-state index in [1.807, 2.05) is 74.3 Å². The maximum atomic E-state index is 14.9. The van der Waals surface area contributed by atoms with Crippen LogP contribution in [0.4, 0.5) is 4.39 Å². The molecule has 2 aromatic heterocycles. The molecule has 424 valence electrons. The first-order valence-electron chi connectivity index (χ1n) is 26.7. The van der Waals surface area contributed by atoms with Crippen molar-refractivity contribution in [2.45, 2.75) is 204 Å². The molecule has 75 heavy (non-hydrogen) atoms. The molecule has 0 spiro atoms. The molecule has 0 unspecified atom stereocenters. The molecule has 1 aromatic carbocycles. The summed E-state index contributed by atoms with van der Waals surface area (Å²) in [5, 5.41) is 72.9. The number of nitrogens with zero attached hydrogens (tertiary/aromatic N) is 7. The molecule has 20 nitrogen and oxygen atoms in total. The number of aliphatic hydroxyl groups excluding tert-OH is 3. The number of carbonyl (C=O) groups excluding carboxylic acids is 1. The number of carbonyl (C=O) groups is 1. The van der Waals surface area contributed by atoms with Gasteiger partial charge in [-0.2, -0.15) is 5.10 Å². The Morgan fingerprint density at radius 1 is 0.973 bits per heavy atom. The zero-order valence-electron chi connectivity index (χ0n) is 46.6. The number of cyclic esters (lactones) is 1. The molecule has 5 N–H and O–H groups in total. The Bertz CT molecular complexity index is 2220. The molecule has 0 radical (unpaired) electrons. The number of alkyl halides is 1. The molecule has 3 aliphatic heterocycles. The zero-order chi connectivity index (χ0) is 55.3. The number of esters is 1. The molecule has 21 heteroatoms. The van der Waals surface area contributed by atoms with Crippen LogP contribution in [0.1, 0.15) is 118 Å². The summed E-state index contributed by atoms with van der Waals surface area (Å²) in [6.45, 7) is 17.5. The van der Waals surface area contributed by atoms with E-state index in [2.05, 4.69) is 15.4 Å². The summed E-state index contributed by atoms with van der Waals surface area (Å²) in [5.74, 6) is -2.88. The largest absolute Gasteiger partial charge is 0.459 e. The summed E-state index contributed by atoms with van der Waals surface area (Å²) in [7, 11) is 6.74. The van der Waals surface area contributed by atoms with Crippen molar-refractivity contribution >= 4 is 5.97 Å². The van der Waals surface area contributed by atoms with E-state index >= 15 is 0 Å². The molecule has 3 saturated heterocycles. The summed E-state index contributed by atoms with van der Waals surface area (Å²) < 4.78 is 62.3. The Morgan fingerprint density at radius 2 is 1.67 bits per heavy atom. The normalized spacial score (nSPS) is 38.9. The lowest BCUT2D eigenvalue weighted by Crippen LogP contribution is -2.61. The molecule has 20 atom stereocenters. The van der Waals surface area contributed by atoms with Crippen LogP contribution in [0.2, 0.25) is 0 Å². The lowest BCUT2D eigenvalue weighted by atomic mass is 9.77. The molecule has 3 aromatic rings. The van der Waals surface area contributed by atoms with E-state index in [4.69, 9.17) is 33.2 Å². The van der Waals surface area contributed by atoms with Crippen molar-refractivity contribution in [1.29, 1.82) is 0 Å². The summed E-state index contributed by atoms with van der Waals surface area (Å²) in [6, 6.07) is 7.50. The summed E-state index contributed by atoms with van der Waals surface area (Å²) in [5.41, 5.74) is -2.37. The molecule has 0 amide bonds. The van der Waals surface area contributed by atoms with E-state index in [9.17, 15) is 34.7 Å². The SMILES string of the molecule is CC[C@H]1OC(=O)[C@H](C)[C@@H](O[C@H]2C[C@@](C)(OC)[C@@H](O)[C@H](C)O2)[C@H](C)[C@@H](O[C@@H]2O[C@H](C)C[C@H](N(C)CCc3cn([C@H](CF)[C@H](OC)c4ccc(-n5cccn5)cc4)nn3)[C@H]2O)[C@](C)(O)C[C@@H](C)CN(C)[C@H](C)[C@@H](O)[C@]1(C)O. The quantitative estimate of drug-likeness (QED) is 0.127. The van der Waals surface area contributed by atoms with Crippen molar-refractivity contribution in [3.63, 3.8) is 0 Å². The van der Waals surface area contributed by atoms with Gasteiger partial charge in [-0.15, -0.1) is 5.10 Å². The highest BCUT2D eigenvalue weighted by atomic mass is 19.1. The van der Waals surface area contributed by atoms with Gasteiger partial charge in [0.1, 0.15) is 48.8 Å². The Labute approximate surface area is 442 Å². The highest BCUT2D eigenvalue weighted by Crippen LogP contribution is 2.41. The molecule has 0 aliphatic carbocycles. The summed E-state index contributed by atoms with van der Waals surface area (Å²) in [4.78, 5) is 18.4. The van der Waals surface area contributed by atoms with Gasteiger partial charge in [0.2, 0.25) is 0 Å². The van der Waals surface area contributed by atoms with Crippen molar-refractivity contribution in [1.82, 2.24) is 34.6 Å². The smallest absolute Gasteiger partial charge is 0.311 e. The number of likely N-dealkylation sites (N-methyl/N-ethyl adjacent to an activating group) is 2. The van der Waals surface area contributed by atoms with Crippen LogP contribution < -0.4 is 0 Å². The first-order chi connectivity index (χ1) is 35.3. The Balaban J connectivity index is 1.26. The number of hydrogen-bond donors (Lipinski definition) is 5. The molecule has 0 saturated carbocycles. The Kier molecular flexibility index (Phi) is 20.6. The van der Waals surface area contributed by atoms with Gasteiger partial charge in [-0.1, -0.05) is 38.1 Å². The van der Waals surface area contributed by atoms with E-state index in [0.717, 1.165) is 11.3 Å². The van der Waals surface area contributed by atoms with Crippen LogP contribution in [0.25, 0.3) is 5.69 Å². The van der Waals surface area contributed by atoms with Gasteiger partial charge in [0.25, 0.3) is 0 Å². The predicted octanol–water partition coefficient (Wildman–Crippen LogP) is 4.19. The van der Waals surface area contributed by atoms with Crippen LogP contribution in [0.15, 0.2) is 48.9 Å². The average Bonchev–Trinajstić information content (AvgIpc) is 4.09. The molecule has 6 rings (SSSR count). The number of benzene rings is 1. The molecule has 3 aliphatic rings. The topological polar surface area (TPSA) is 238 Å². The van der Waals surface area contributed by atoms with Crippen LogP contribution in [0, 0.1) is 17.8 Å². The highest BCUT2D eigenvalue weighted by Gasteiger charge is 2.53. The van der Waals surface area contributed by atoms with Gasteiger partial charge in [0, 0.05) is 76.7 Å². The molecular weight excluding hydrogens is 974 g/mol. The van der Waals surface area contributed by atoms with Crippen LogP contribution >= 0.6 is 0 Å². The van der Waals surface area contributed by atoms with Crippen LogP contribution in [0.3, 0.4) is 0 Å². The monoisotopic (exact) mass is 1060 g/mol. The lowest BCUT2D eigenvalue weighted by Gasteiger charge is -2.49. The first kappa shape index (κ1) is 60.7. The van der Waals surface area contributed by atoms with Crippen molar-refractivity contribution < 1.29 is 67.9 Å². The van der Waals surface area contributed by atoms with E-state index in [0.29, 0.717) is 31.6 Å². The minimum atomic E-state index is -1.85. The number of halogens is 1. The maximum absolute atomic E-state index is 14.9. The summed E-state index contributed by atoms with van der Waals surface area (Å²) in [6.07, 6.45) is -4.46. The molecule has 5 heterocycles. The van der Waals surface area contributed by atoms with Gasteiger partial charge in [0.15, 0.2) is 12.6 Å². The van der Waals surface area contributed by atoms with Crippen molar-refractivity contribution in [2.75, 3.05) is 48.1 Å². The van der Waals surface area contributed by atoms with Crippen LogP contribution in [0.5, 0.6) is 0 Å². The molecule has 3 fully saturated rings. The number of methoxy groups -OCH3 is 2. The number of hydrogen-bond acceptors (Lipinski definition) is 18. The second-order valence-electron chi connectivity index (χ2n) is 22.5. The fourth-order valence-corrected chi connectivity index (χ4v) is 11.8. The lowest BCUT2D eigenvalue weighted by molar-refractivity contribution is -0.318. The fourth-order valence-electron chi connectivity index (χ4n) is 11.8. The third kappa shape index (κ3) is 13.8. The van der Waals surface area contributed by atoms with Gasteiger partial charge in [0.05, 0.1) is 52.9 Å². The number of aromatic nitrogens is 5. The van der Waals surface area contributed by atoms with Gasteiger partial charge >= 0.3 is 5.97 Å². The second-order valence-corrected chi connectivity index (χ2v) is 22.5. The predicted molar refractivity (Wildman–Crippen MR) is 275 cm³/mol. The minimum absolute atomic E-state index is 0.0837. The van der Waals surface area contributed by atoms with Crippen molar-refractivity contribution in [2.24, 2.45) is 17.8 Å². The number of rotatable bonds is 16. The van der Waals surface area contributed by atoms with Gasteiger partial charge in [-0.05, 0) is 112 Å². The standard InChI is InChI=1S/C54H88FN7O13/c1-15-42-54(10,68)47(64)35(6)60(12)29-31(2)26-52(8,67)49(33(4)45(34(5)50(66)73-42)74-43-27-53(9,70-14)48(65)36(7)72-43)75-51-44(63)40(25-32(3)71-51)59(11)24-21-38-30-62(58-57-38)41(28-55)46(69-13)37-17-19-39(20-18-37)61-23-16-22-56-61/h16-20,22-23,30-36,40-49,51,63-65,67-68H,15,21,24-29H2,1-14H3/t31-,32-,33+,34-,35-,36+,40+,41-,42-,43+,44-,45+,46-,47-,48+,49-,51+,52-,53-,54-/m1/s1. The van der Waals surface area contributed by atoms with Crippen LogP contribution in [-0.4, -0.2) is 204 Å². The first-order valence-corrected chi connectivity index (χ1v) is 26.7. The number of aliphatic hydroxyl groups is 5. The van der Waals surface area contributed by atoms with E-state index in [-0.39, 0.29) is 25.2 Å². The second kappa shape index (κ2) is 25.5. The highest BCUT2D eigenvalue weighted by molar-refractivity contribution is 5.73. The molecular formula is C54H88FN7O13. The van der Waals surface area contributed by atoms with E-state index < -0.39 is 127 Å². The zero-order valence-corrected chi connectivity index (χ0v) is 46.6. The third-order valence-electron chi connectivity index (χ3n) is 16.5.